The van der Waals surface area contributed by atoms with E-state index in [1.165, 1.54) is 128 Å². The number of esters is 1. The molecule has 3 N–H and O–H groups in total. The molecule has 7 heteroatoms. The molecule has 324 valence electrons. The van der Waals surface area contributed by atoms with Crippen LogP contribution >= 0.6 is 0 Å². The van der Waals surface area contributed by atoms with Gasteiger partial charge in [-0.1, -0.05) is 150 Å². The molecule has 0 radical (unpaired) electrons. The van der Waals surface area contributed by atoms with Crippen LogP contribution in [0.4, 0.5) is 0 Å². The number of carboxylic acids is 1. The molecule has 4 saturated carbocycles. The van der Waals surface area contributed by atoms with Gasteiger partial charge in [0.15, 0.2) is 0 Å². The van der Waals surface area contributed by atoms with Crippen LogP contribution in [0.5, 0.6) is 0 Å². The lowest BCUT2D eigenvalue weighted by Gasteiger charge is -2.62. The summed E-state index contributed by atoms with van der Waals surface area (Å²) in [6.45, 7) is 9.01. The van der Waals surface area contributed by atoms with Gasteiger partial charge in [0.05, 0.1) is 6.10 Å². The van der Waals surface area contributed by atoms with E-state index in [2.05, 4.69) is 33.0 Å². The van der Waals surface area contributed by atoms with E-state index in [-0.39, 0.29) is 41.5 Å². The predicted octanol–water partition coefficient (Wildman–Crippen LogP) is 12.4. The number of aliphatic carboxylic acids is 1. The average molecular weight is 786 g/mol. The lowest BCUT2D eigenvalue weighted by molar-refractivity contribution is -0.181. The zero-order valence-electron chi connectivity index (χ0n) is 36.8. The Hall–Kier alpha value is -1.63. The van der Waals surface area contributed by atoms with Crippen LogP contribution in [-0.2, 0) is 19.1 Å². The first-order chi connectivity index (χ1) is 27.0. The molecule has 0 aromatic carbocycles. The van der Waals surface area contributed by atoms with E-state index >= 15 is 0 Å². The van der Waals surface area contributed by atoms with E-state index in [1.54, 1.807) is 0 Å². The Labute approximate surface area is 343 Å². The van der Waals surface area contributed by atoms with E-state index in [9.17, 15) is 19.5 Å². The van der Waals surface area contributed by atoms with Gasteiger partial charge in [0.25, 0.3) is 0 Å². The summed E-state index contributed by atoms with van der Waals surface area (Å²) in [7, 11) is 0. The Morgan fingerprint density at radius 2 is 1.25 bits per heavy atom. The van der Waals surface area contributed by atoms with Crippen LogP contribution < -0.4 is 5.32 Å². The number of hydrogen-bond donors (Lipinski definition) is 3. The fourth-order valence-electron chi connectivity index (χ4n) is 12.8. The molecule has 0 aromatic rings. The molecular weight excluding hydrogens is 699 g/mol. The lowest BCUT2D eigenvalue weighted by atomic mass is 9.43. The maximum atomic E-state index is 12.9. The van der Waals surface area contributed by atoms with Crippen molar-refractivity contribution < 1.29 is 29.3 Å². The number of fused-ring (bicyclic) bond motifs is 5. The van der Waals surface area contributed by atoms with Crippen LogP contribution in [0.2, 0.25) is 0 Å². The van der Waals surface area contributed by atoms with Gasteiger partial charge < -0.3 is 20.3 Å². The average Bonchev–Trinajstić information content (AvgIpc) is 3.54. The SMILES string of the molecule is CCCCCCCCCCCCCCCCCCCCCCC(=O)OC1CCC2(C)C(CCC3C2CC(O)C2(C)C(C(C)CCC(=O)NCC(=O)O)CCC32)C1. The molecule has 4 rings (SSSR count). The second-order valence-corrected chi connectivity index (χ2v) is 20.0. The number of aliphatic hydroxyl groups excluding tert-OH is 1. The molecule has 4 aliphatic rings. The van der Waals surface area contributed by atoms with Crippen molar-refractivity contribution in [3.63, 3.8) is 0 Å². The summed E-state index contributed by atoms with van der Waals surface area (Å²) >= 11 is 0. The summed E-state index contributed by atoms with van der Waals surface area (Å²) in [5, 5.41) is 23.3. The molecule has 1 amide bonds. The summed E-state index contributed by atoms with van der Waals surface area (Å²) in [5.41, 5.74) is 0.0481. The fraction of sp³-hybridized carbons (Fsp3) is 0.939. The topological polar surface area (TPSA) is 113 Å². The highest BCUT2D eigenvalue weighted by atomic mass is 16.5. The normalized spacial score (nSPS) is 31.6. The molecule has 0 aromatic heterocycles. The number of nitrogens with one attached hydrogen (secondary N) is 1. The highest BCUT2D eigenvalue weighted by Gasteiger charge is 2.63. The number of aliphatic hydroxyl groups is 1. The Morgan fingerprint density at radius 3 is 1.80 bits per heavy atom. The molecule has 7 nitrogen and oxygen atoms in total. The quantitative estimate of drug-likeness (QED) is 0.0538. The first-order valence-electron chi connectivity index (χ1n) is 24.4. The highest BCUT2D eigenvalue weighted by Crippen LogP contribution is 2.68. The third kappa shape index (κ3) is 13.7. The zero-order chi connectivity index (χ0) is 40.4. The van der Waals surface area contributed by atoms with Crippen LogP contribution in [0, 0.1) is 46.3 Å². The van der Waals surface area contributed by atoms with Crippen molar-refractivity contribution in [1.82, 2.24) is 5.32 Å². The van der Waals surface area contributed by atoms with Crippen molar-refractivity contribution >= 4 is 17.8 Å². The molecule has 4 aliphatic carbocycles. The van der Waals surface area contributed by atoms with Crippen molar-refractivity contribution in [2.45, 2.75) is 239 Å². The van der Waals surface area contributed by atoms with Crippen molar-refractivity contribution in [3.8, 4) is 0 Å². The van der Waals surface area contributed by atoms with Crippen LogP contribution in [0.25, 0.3) is 0 Å². The first kappa shape index (κ1) is 47.1. The Balaban J connectivity index is 1.04. The summed E-state index contributed by atoms with van der Waals surface area (Å²) in [4.78, 5) is 36.0. The smallest absolute Gasteiger partial charge is 0.322 e. The van der Waals surface area contributed by atoms with Crippen LogP contribution in [-0.4, -0.2) is 46.8 Å². The zero-order valence-corrected chi connectivity index (χ0v) is 36.8. The van der Waals surface area contributed by atoms with E-state index in [4.69, 9.17) is 9.84 Å². The number of ether oxygens (including phenoxy) is 1. The van der Waals surface area contributed by atoms with E-state index in [0.717, 1.165) is 57.8 Å². The maximum absolute atomic E-state index is 12.9. The van der Waals surface area contributed by atoms with Crippen LogP contribution in [0.15, 0.2) is 0 Å². The van der Waals surface area contributed by atoms with Gasteiger partial charge in [-0.3, -0.25) is 14.4 Å². The molecular formula is C49H87NO6. The number of carbonyl (C=O) groups is 3. The largest absolute Gasteiger partial charge is 0.480 e. The molecule has 4 fully saturated rings. The molecule has 10 unspecified atom stereocenters. The predicted molar refractivity (Wildman–Crippen MR) is 228 cm³/mol. The number of hydrogen-bond acceptors (Lipinski definition) is 5. The maximum Gasteiger partial charge on any atom is 0.322 e. The number of amides is 1. The Kier molecular flexibility index (Phi) is 20.5. The number of carboxylic acid groups (broad SMARTS) is 1. The molecule has 56 heavy (non-hydrogen) atoms. The minimum absolute atomic E-state index is 0.00374. The van der Waals surface area contributed by atoms with Crippen molar-refractivity contribution in [2.75, 3.05) is 6.54 Å². The number of unbranched alkanes of at least 4 members (excludes halogenated alkanes) is 19. The third-order valence-corrected chi connectivity index (χ3v) is 16.3. The molecule has 0 bridgehead atoms. The summed E-state index contributed by atoms with van der Waals surface area (Å²) < 4.78 is 6.13. The van der Waals surface area contributed by atoms with Gasteiger partial charge in [-0.15, -0.1) is 0 Å². The van der Waals surface area contributed by atoms with Crippen LogP contribution in [0.3, 0.4) is 0 Å². The summed E-state index contributed by atoms with van der Waals surface area (Å²) in [6.07, 6.45) is 37.0. The van der Waals surface area contributed by atoms with Crippen LogP contribution in [0.1, 0.15) is 227 Å². The van der Waals surface area contributed by atoms with Crippen molar-refractivity contribution in [2.24, 2.45) is 46.3 Å². The van der Waals surface area contributed by atoms with Crippen molar-refractivity contribution in [1.29, 1.82) is 0 Å². The Morgan fingerprint density at radius 1 is 0.696 bits per heavy atom. The van der Waals surface area contributed by atoms with Gasteiger partial charge in [0.2, 0.25) is 5.91 Å². The second kappa shape index (κ2) is 24.5. The molecule has 10 atom stereocenters. The molecule has 0 aliphatic heterocycles. The first-order valence-corrected chi connectivity index (χ1v) is 24.4. The van der Waals surface area contributed by atoms with Gasteiger partial charge in [-0.05, 0) is 111 Å². The monoisotopic (exact) mass is 786 g/mol. The summed E-state index contributed by atoms with van der Waals surface area (Å²) in [6, 6.07) is 0. The fourth-order valence-corrected chi connectivity index (χ4v) is 12.8. The van der Waals surface area contributed by atoms with Gasteiger partial charge in [-0.2, -0.15) is 0 Å². The molecule has 0 saturated heterocycles. The van der Waals surface area contributed by atoms with E-state index in [0.29, 0.717) is 48.3 Å². The van der Waals surface area contributed by atoms with E-state index in [1.807, 2.05) is 0 Å². The van der Waals surface area contributed by atoms with E-state index < -0.39 is 5.97 Å². The lowest BCUT2D eigenvalue weighted by Crippen LogP contribution is -2.59. The summed E-state index contributed by atoms with van der Waals surface area (Å²) in [5.74, 6) is 1.63. The Bertz CT molecular complexity index is 1160. The molecule has 0 heterocycles. The number of rotatable bonds is 28. The van der Waals surface area contributed by atoms with Gasteiger partial charge in [0, 0.05) is 12.8 Å². The van der Waals surface area contributed by atoms with Gasteiger partial charge in [0.1, 0.15) is 12.6 Å². The minimum Gasteiger partial charge on any atom is -0.480 e. The van der Waals surface area contributed by atoms with Gasteiger partial charge >= 0.3 is 11.9 Å². The molecule has 0 spiro atoms. The van der Waals surface area contributed by atoms with Gasteiger partial charge in [-0.25, -0.2) is 0 Å². The van der Waals surface area contributed by atoms with Crippen molar-refractivity contribution in [3.05, 3.63) is 0 Å². The second-order valence-electron chi connectivity index (χ2n) is 20.0. The minimum atomic E-state index is -1.02. The standard InChI is InChI=1S/C49H87NO6/c1-5-6-7-8-9-10-11-12-13-14-15-16-17-18-19-20-21-22-23-24-25-47(55)56-39-32-33-48(3)38(34-39)27-28-40-42-30-29-41(49(42,4)44(51)35-43(40)48)37(2)26-31-45(52)50-36-46(53)54/h37-44,51H,5-36H2,1-4H3,(H,50,52)(H,53,54). The third-order valence-electron chi connectivity index (χ3n) is 16.3. The number of carbonyl (C=O) groups excluding carboxylic acids is 2. The highest BCUT2D eigenvalue weighted by molar-refractivity contribution is 5.81.